The van der Waals surface area contributed by atoms with Gasteiger partial charge in [0.25, 0.3) is 17.9 Å². The highest BCUT2D eigenvalue weighted by Crippen LogP contribution is 2.15. The van der Waals surface area contributed by atoms with Crippen LogP contribution in [-0.2, 0) is 27.7 Å². The van der Waals surface area contributed by atoms with Crippen LogP contribution >= 0.6 is 0 Å². The summed E-state index contributed by atoms with van der Waals surface area (Å²) in [5.74, 6) is -1.30. The first-order valence-electron chi connectivity index (χ1n) is 26.6. The van der Waals surface area contributed by atoms with Crippen molar-refractivity contribution in [1.82, 2.24) is 0 Å². The maximum absolute atomic E-state index is 12.8. The van der Waals surface area contributed by atoms with Crippen LogP contribution in [0.15, 0.2) is 36.5 Å². The lowest BCUT2D eigenvalue weighted by atomic mass is 10.1. The van der Waals surface area contributed by atoms with Gasteiger partial charge < -0.3 is 13.3 Å². The predicted molar refractivity (Wildman–Crippen MR) is 264 cm³/mol. The highest BCUT2D eigenvalue weighted by atomic mass is 28.3. The topological polar surface area (TPSA) is 78.9 Å². The van der Waals surface area contributed by atoms with Crippen LogP contribution in [0, 0.1) is 0 Å². The summed E-state index contributed by atoms with van der Waals surface area (Å²) in [6.45, 7) is 6.78. The molecule has 0 aliphatic carbocycles. The summed E-state index contributed by atoms with van der Waals surface area (Å²) >= 11 is 0. The third kappa shape index (κ3) is 48.7. The van der Waals surface area contributed by atoms with Gasteiger partial charge in [0.1, 0.15) is 0 Å². The lowest BCUT2D eigenvalue weighted by Gasteiger charge is -2.16. The van der Waals surface area contributed by atoms with Crippen molar-refractivity contribution in [2.24, 2.45) is 0 Å². The van der Waals surface area contributed by atoms with Crippen molar-refractivity contribution >= 4 is 27.4 Å². The number of hydrogen-bond donors (Lipinski definition) is 0. The Morgan fingerprint density at radius 2 is 0.459 bits per heavy atom. The minimum Gasteiger partial charge on any atom is -0.457 e. The normalized spacial score (nSPS) is 12.2. The molecular weight excluding hydrogens is 773 g/mol. The van der Waals surface area contributed by atoms with Crippen LogP contribution in [0.1, 0.15) is 290 Å². The molecule has 0 radical (unpaired) electrons. The van der Waals surface area contributed by atoms with E-state index in [4.69, 9.17) is 13.3 Å². The van der Waals surface area contributed by atoms with Crippen molar-refractivity contribution in [2.45, 2.75) is 290 Å². The van der Waals surface area contributed by atoms with Gasteiger partial charge in [0.15, 0.2) is 0 Å². The Morgan fingerprint density at radius 1 is 0.279 bits per heavy atom. The van der Waals surface area contributed by atoms with Crippen LogP contribution in [0.25, 0.3) is 0 Å². The molecular formula is C54H100O6Si. The van der Waals surface area contributed by atoms with E-state index in [1.54, 1.807) is 0 Å². The summed E-state index contributed by atoms with van der Waals surface area (Å²) < 4.78 is 16.7. The van der Waals surface area contributed by atoms with Crippen LogP contribution in [0.2, 0.25) is 0 Å². The maximum Gasteiger partial charge on any atom is 0.689 e. The molecule has 0 aromatic heterocycles. The molecule has 0 saturated heterocycles. The van der Waals surface area contributed by atoms with Crippen LogP contribution < -0.4 is 0 Å². The molecule has 0 amide bonds. The van der Waals surface area contributed by atoms with Crippen molar-refractivity contribution in [1.29, 1.82) is 0 Å². The van der Waals surface area contributed by atoms with Gasteiger partial charge in [-0.2, -0.15) is 0 Å². The summed E-state index contributed by atoms with van der Waals surface area (Å²) in [4.78, 5) is 38.3. The molecule has 0 aromatic carbocycles. The monoisotopic (exact) mass is 873 g/mol. The Bertz CT molecular complexity index is 910. The zero-order valence-electron chi connectivity index (χ0n) is 40.7. The van der Waals surface area contributed by atoms with E-state index in [-0.39, 0.29) is 19.3 Å². The minimum absolute atomic E-state index is 0.249. The smallest absolute Gasteiger partial charge is 0.457 e. The second kappa shape index (κ2) is 50.5. The van der Waals surface area contributed by atoms with Gasteiger partial charge in [-0.3, -0.25) is 14.4 Å². The van der Waals surface area contributed by atoms with Crippen molar-refractivity contribution in [3.05, 3.63) is 36.5 Å². The van der Waals surface area contributed by atoms with E-state index in [0.717, 1.165) is 96.3 Å². The molecule has 0 unspecified atom stereocenters. The Labute approximate surface area is 380 Å². The largest absolute Gasteiger partial charge is 0.689 e. The van der Waals surface area contributed by atoms with Gasteiger partial charge in [0, 0.05) is 19.3 Å². The molecule has 0 rings (SSSR count). The summed E-state index contributed by atoms with van der Waals surface area (Å²) in [6, 6.07) is 0. The first-order valence-corrected chi connectivity index (χ1v) is 28.0. The minimum atomic E-state index is -3.26. The zero-order chi connectivity index (χ0) is 44.4. The average Bonchev–Trinajstić information content (AvgIpc) is 3.25. The van der Waals surface area contributed by atoms with Crippen molar-refractivity contribution in [3.8, 4) is 0 Å². The number of hydrogen-bond acceptors (Lipinski definition) is 6. The van der Waals surface area contributed by atoms with Crippen molar-refractivity contribution in [2.75, 3.05) is 0 Å². The number of rotatable bonds is 48. The Balaban J connectivity index is 4.42. The summed E-state index contributed by atoms with van der Waals surface area (Å²) in [5.41, 5.74) is 0. The molecule has 0 atom stereocenters. The van der Waals surface area contributed by atoms with Gasteiger partial charge in [-0.1, -0.05) is 211 Å². The van der Waals surface area contributed by atoms with Crippen molar-refractivity contribution < 1.29 is 27.7 Å². The van der Waals surface area contributed by atoms with Crippen LogP contribution in [-0.4, -0.2) is 27.4 Å². The predicted octanol–water partition coefficient (Wildman–Crippen LogP) is 17.4. The number of allylic oxidation sites excluding steroid dienone is 6. The van der Waals surface area contributed by atoms with Crippen LogP contribution in [0.5, 0.6) is 0 Å². The molecule has 0 saturated carbocycles. The molecule has 0 aliphatic rings. The van der Waals surface area contributed by atoms with Crippen molar-refractivity contribution in [3.63, 3.8) is 0 Å². The average molecular weight is 873 g/mol. The van der Waals surface area contributed by atoms with Gasteiger partial charge in [0.05, 0.1) is 0 Å². The highest BCUT2D eigenvalue weighted by Gasteiger charge is 2.29. The Hall–Kier alpha value is -2.15. The third-order valence-electron chi connectivity index (χ3n) is 11.6. The molecule has 0 heterocycles. The quantitative estimate of drug-likeness (QED) is 0.0344. The van der Waals surface area contributed by atoms with E-state index in [2.05, 4.69) is 57.2 Å². The van der Waals surface area contributed by atoms with Gasteiger partial charge >= 0.3 is 9.53 Å². The molecule has 7 heteroatoms. The zero-order valence-corrected chi connectivity index (χ0v) is 41.8. The SMILES string of the molecule is CCCCCCCCC=CCCCCCCCC(=O)O[SiH](OC(=O)CCCCCCCC=CCCCCCCCC)OC(=O)CCCCCCCC=CCCCCCCCC. The molecule has 6 nitrogen and oxygen atoms in total. The lowest BCUT2D eigenvalue weighted by molar-refractivity contribution is -0.148. The summed E-state index contributed by atoms with van der Waals surface area (Å²) in [7, 11) is -3.26. The third-order valence-corrected chi connectivity index (χ3v) is 13.0. The van der Waals surface area contributed by atoms with Gasteiger partial charge in [-0.05, 0) is 96.3 Å². The first kappa shape index (κ1) is 58.8. The molecule has 0 fully saturated rings. The van der Waals surface area contributed by atoms with E-state index < -0.39 is 27.4 Å². The Morgan fingerprint density at radius 3 is 0.672 bits per heavy atom. The molecule has 0 spiro atoms. The van der Waals surface area contributed by atoms with Gasteiger partial charge in [-0.25, -0.2) is 0 Å². The van der Waals surface area contributed by atoms with E-state index in [1.165, 1.54) is 154 Å². The lowest BCUT2D eigenvalue weighted by Crippen LogP contribution is -2.34. The summed E-state index contributed by atoms with van der Waals surface area (Å²) in [6.07, 6.45) is 61.0. The highest BCUT2D eigenvalue weighted by molar-refractivity contribution is 6.44. The van der Waals surface area contributed by atoms with Gasteiger partial charge in [-0.15, -0.1) is 0 Å². The maximum atomic E-state index is 12.8. The number of carbonyl (C=O) groups excluding carboxylic acids is 3. The molecule has 0 aromatic rings. The van der Waals surface area contributed by atoms with E-state index >= 15 is 0 Å². The molecule has 356 valence electrons. The van der Waals surface area contributed by atoms with E-state index in [1.807, 2.05) is 0 Å². The fourth-order valence-corrected chi connectivity index (χ4v) is 8.73. The van der Waals surface area contributed by atoms with Crippen LogP contribution in [0.4, 0.5) is 0 Å². The standard InChI is InChI=1S/C54H100O6Si/c1-4-7-10-13-16-19-22-25-28-31-34-37-40-43-46-49-52(55)58-61(59-53(56)50-47-44-41-38-35-32-29-26-23-20-17-14-11-8-5-2)60-54(57)51-48-45-42-39-36-33-30-27-24-21-18-15-12-9-6-3/h25-30,61H,4-24,31-51H2,1-3H3. The fourth-order valence-electron chi connectivity index (χ4n) is 7.59. The second-order valence-corrected chi connectivity index (χ2v) is 19.0. The molecule has 0 aliphatic heterocycles. The molecule has 0 bridgehead atoms. The van der Waals surface area contributed by atoms with E-state index in [0.29, 0.717) is 0 Å². The van der Waals surface area contributed by atoms with Crippen LogP contribution in [0.3, 0.4) is 0 Å². The summed E-state index contributed by atoms with van der Waals surface area (Å²) in [5, 5.41) is 0. The number of unbranched alkanes of at least 4 members (excludes halogenated alkanes) is 33. The molecule has 61 heavy (non-hydrogen) atoms. The molecule has 0 N–H and O–H groups in total. The van der Waals surface area contributed by atoms with Gasteiger partial charge in [0.2, 0.25) is 0 Å². The van der Waals surface area contributed by atoms with E-state index in [9.17, 15) is 14.4 Å². The second-order valence-electron chi connectivity index (χ2n) is 17.8. The Kier molecular flexibility index (Phi) is 48.7. The first-order chi connectivity index (χ1) is 30.0. The number of carbonyl (C=O) groups is 3. The fraction of sp³-hybridized carbons (Fsp3) is 0.833.